The Morgan fingerprint density at radius 2 is 1.80 bits per heavy atom. The number of aliphatic hydroxyl groups is 1. The normalized spacial score (nSPS) is 15.6. The second-order valence-electron chi connectivity index (χ2n) is 4.92. The fourth-order valence-electron chi connectivity index (χ4n) is 1.95. The van der Waals surface area contributed by atoms with Gasteiger partial charge in [-0.15, -0.1) is 0 Å². The number of aliphatic hydroxyl groups excluding tert-OH is 1. The number of unbranched alkanes of at least 4 members (excludes halogenated alkanes) is 1. The van der Waals surface area contributed by atoms with Crippen LogP contribution in [0.25, 0.3) is 0 Å². The average Bonchev–Trinajstić information content (AvgIpc) is 2.21. The lowest BCUT2D eigenvalue weighted by Gasteiger charge is -2.25. The molecule has 0 heterocycles. The quantitative estimate of drug-likeness (QED) is 0.620. The fourth-order valence-corrected chi connectivity index (χ4v) is 1.95. The van der Waals surface area contributed by atoms with Gasteiger partial charge in [-0.1, -0.05) is 40.5 Å². The number of nitrogens with one attached hydrogen (secondary N) is 1. The predicted molar refractivity (Wildman–Crippen MR) is 67.1 cm³/mol. The van der Waals surface area contributed by atoms with E-state index in [-0.39, 0.29) is 12.6 Å². The van der Waals surface area contributed by atoms with Gasteiger partial charge in [-0.3, -0.25) is 0 Å². The SMILES string of the molecule is CCCC[C@@H](CC)N[C@@H](CO)CC(C)C. The van der Waals surface area contributed by atoms with Crippen LogP contribution in [0.5, 0.6) is 0 Å². The highest BCUT2D eigenvalue weighted by atomic mass is 16.3. The third-order valence-corrected chi connectivity index (χ3v) is 2.85. The summed E-state index contributed by atoms with van der Waals surface area (Å²) in [5.41, 5.74) is 0. The highest BCUT2D eigenvalue weighted by molar-refractivity contribution is 4.74. The molecule has 2 heteroatoms. The first-order valence-corrected chi connectivity index (χ1v) is 6.50. The summed E-state index contributed by atoms with van der Waals surface area (Å²) in [4.78, 5) is 0. The first kappa shape index (κ1) is 14.9. The van der Waals surface area contributed by atoms with Crippen LogP contribution >= 0.6 is 0 Å². The van der Waals surface area contributed by atoms with Gasteiger partial charge < -0.3 is 10.4 Å². The van der Waals surface area contributed by atoms with Crippen LogP contribution in [0.2, 0.25) is 0 Å². The Labute approximate surface area is 95.5 Å². The topological polar surface area (TPSA) is 32.3 Å². The highest BCUT2D eigenvalue weighted by Gasteiger charge is 2.14. The molecule has 0 aliphatic carbocycles. The highest BCUT2D eigenvalue weighted by Crippen LogP contribution is 2.09. The van der Waals surface area contributed by atoms with Crippen LogP contribution in [0.3, 0.4) is 0 Å². The maximum atomic E-state index is 9.28. The summed E-state index contributed by atoms with van der Waals surface area (Å²) in [7, 11) is 0. The summed E-state index contributed by atoms with van der Waals surface area (Å²) in [5.74, 6) is 0.651. The predicted octanol–water partition coefficient (Wildman–Crippen LogP) is 2.95. The van der Waals surface area contributed by atoms with Crippen LogP contribution in [0, 0.1) is 5.92 Å². The van der Waals surface area contributed by atoms with E-state index in [4.69, 9.17) is 0 Å². The lowest BCUT2D eigenvalue weighted by molar-refractivity contribution is 0.208. The smallest absolute Gasteiger partial charge is 0.0584 e. The summed E-state index contributed by atoms with van der Waals surface area (Å²) >= 11 is 0. The van der Waals surface area contributed by atoms with Crippen LogP contribution in [-0.2, 0) is 0 Å². The van der Waals surface area contributed by atoms with Crippen LogP contribution < -0.4 is 5.32 Å². The van der Waals surface area contributed by atoms with Crippen LogP contribution in [0.15, 0.2) is 0 Å². The third kappa shape index (κ3) is 7.80. The van der Waals surface area contributed by atoms with Gasteiger partial charge >= 0.3 is 0 Å². The average molecular weight is 215 g/mol. The van der Waals surface area contributed by atoms with Crippen molar-refractivity contribution in [2.24, 2.45) is 5.92 Å². The minimum absolute atomic E-state index is 0.265. The molecule has 0 saturated carbocycles. The Balaban J connectivity index is 3.88. The Kier molecular flexibility index (Phi) is 9.12. The summed E-state index contributed by atoms with van der Waals surface area (Å²) in [6, 6.07) is 0.868. The minimum atomic E-state index is 0.265. The second-order valence-corrected chi connectivity index (χ2v) is 4.92. The molecule has 0 radical (unpaired) electrons. The lowest BCUT2D eigenvalue weighted by atomic mass is 10.0. The van der Waals surface area contributed by atoms with Crippen molar-refractivity contribution in [1.29, 1.82) is 0 Å². The summed E-state index contributed by atoms with van der Waals surface area (Å²) < 4.78 is 0. The van der Waals surface area contributed by atoms with E-state index >= 15 is 0 Å². The molecular formula is C13H29NO. The van der Waals surface area contributed by atoms with Gasteiger partial charge in [-0.2, -0.15) is 0 Å². The molecule has 0 amide bonds. The van der Waals surface area contributed by atoms with Gasteiger partial charge in [0.2, 0.25) is 0 Å². The largest absolute Gasteiger partial charge is 0.395 e. The van der Waals surface area contributed by atoms with Crippen molar-refractivity contribution in [1.82, 2.24) is 5.32 Å². The number of hydrogen-bond acceptors (Lipinski definition) is 2. The summed E-state index contributed by atoms with van der Waals surface area (Å²) in [6.45, 7) is 9.12. The zero-order chi connectivity index (χ0) is 11.7. The molecule has 0 saturated heterocycles. The molecule has 92 valence electrons. The zero-order valence-electron chi connectivity index (χ0n) is 10.9. The Bertz CT molecular complexity index is 136. The van der Waals surface area contributed by atoms with Crippen molar-refractivity contribution in [3.8, 4) is 0 Å². The van der Waals surface area contributed by atoms with Gasteiger partial charge in [0, 0.05) is 12.1 Å². The van der Waals surface area contributed by atoms with Crippen molar-refractivity contribution in [3.05, 3.63) is 0 Å². The third-order valence-electron chi connectivity index (χ3n) is 2.85. The molecule has 15 heavy (non-hydrogen) atoms. The van der Waals surface area contributed by atoms with Gasteiger partial charge in [0.05, 0.1) is 6.61 Å². The van der Waals surface area contributed by atoms with Crippen molar-refractivity contribution in [3.63, 3.8) is 0 Å². The van der Waals surface area contributed by atoms with Crippen molar-refractivity contribution in [2.75, 3.05) is 6.61 Å². The van der Waals surface area contributed by atoms with Gasteiger partial charge in [0.15, 0.2) is 0 Å². The van der Waals surface area contributed by atoms with E-state index in [2.05, 4.69) is 33.0 Å². The van der Waals surface area contributed by atoms with Gasteiger partial charge in [0.25, 0.3) is 0 Å². The fraction of sp³-hybridized carbons (Fsp3) is 1.00. The van der Waals surface area contributed by atoms with E-state index in [0.29, 0.717) is 12.0 Å². The number of hydrogen-bond donors (Lipinski definition) is 2. The standard InChI is InChI=1S/C13H29NO/c1-5-7-8-12(6-2)14-13(10-15)9-11(3)4/h11-15H,5-10H2,1-4H3/t12-,13-/m1/s1. The summed E-state index contributed by atoms with van der Waals surface area (Å²) in [6.07, 6.45) is 6.01. The Morgan fingerprint density at radius 3 is 2.20 bits per heavy atom. The van der Waals surface area contributed by atoms with E-state index in [1.807, 2.05) is 0 Å². The van der Waals surface area contributed by atoms with E-state index in [1.54, 1.807) is 0 Å². The monoisotopic (exact) mass is 215 g/mol. The molecule has 2 N–H and O–H groups in total. The van der Waals surface area contributed by atoms with E-state index in [9.17, 15) is 5.11 Å². The molecule has 2 nitrogen and oxygen atoms in total. The Hall–Kier alpha value is -0.0800. The van der Waals surface area contributed by atoms with E-state index in [0.717, 1.165) is 12.8 Å². The molecule has 0 bridgehead atoms. The van der Waals surface area contributed by atoms with E-state index in [1.165, 1.54) is 19.3 Å². The van der Waals surface area contributed by atoms with E-state index < -0.39 is 0 Å². The maximum absolute atomic E-state index is 9.28. The molecule has 0 spiro atoms. The van der Waals surface area contributed by atoms with Gasteiger partial charge in [-0.25, -0.2) is 0 Å². The van der Waals surface area contributed by atoms with Crippen LogP contribution in [0.1, 0.15) is 59.8 Å². The lowest BCUT2D eigenvalue weighted by Crippen LogP contribution is -2.41. The van der Waals surface area contributed by atoms with Gasteiger partial charge in [-0.05, 0) is 25.2 Å². The molecular weight excluding hydrogens is 186 g/mol. The van der Waals surface area contributed by atoms with Crippen molar-refractivity contribution < 1.29 is 5.11 Å². The van der Waals surface area contributed by atoms with Crippen LogP contribution in [-0.4, -0.2) is 23.8 Å². The molecule has 0 unspecified atom stereocenters. The van der Waals surface area contributed by atoms with Crippen LogP contribution in [0.4, 0.5) is 0 Å². The van der Waals surface area contributed by atoms with Crippen molar-refractivity contribution in [2.45, 2.75) is 71.9 Å². The zero-order valence-corrected chi connectivity index (χ0v) is 10.9. The maximum Gasteiger partial charge on any atom is 0.0584 e. The molecule has 0 rings (SSSR count). The molecule has 0 aliphatic rings. The number of rotatable bonds is 9. The Morgan fingerprint density at radius 1 is 1.13 bits per heavy atom. The summed E-state index contributed by atoms with van der Waals surface area (Å²) in [5, 5.41) is 12.9. The minimum Gasteiger partial charge on any atom is -0.395 e. The molecule has 0 aliphatic heterocycles. The molecule has 0 fully saturated rings. The first-order valence-electron chi connectivity index (χ1n) is 6.50. The molecule has 2 atom stereocenters. The van der Waals surface area contributed by atoms with Gasteiger partial charge in [0.1, 0.15) is 0 Å². The first-order chi connectivity index (χ1) is 7.13. The second kappa shape index (κ2) is 9.17. The molecule has 0 aromatic rings. The molecule has 0 aromatic heterocycles. The molecule has 0 aromatic carbocycles. The van der Waals surface area contributed by atoms with Crippen molar-refractivity contribution >= 4 is 0 Å².